The summed E-state index contributed by atoms with van der Waals surface area (Å²) in [6.45, 7) is 2.14. The lowest BCUT2D eigenvalue weighted by molar-refractivity contribution is 0.0524. The molecule has 1 N–H and O–H groups in total. The molecule has 0 saturated heterocycles. The second-order valence-electron chi connectivity index (χ2n) is 5.06. The molecule has 0 heterocycles. The lowest BCUT2D eigenvalue weighted by Crippen LogP contribution is -2.30. The third-order valence-corrected chi connectivity index (χ3v) is 3.63. The van der Waals surface area contributed by atoms with E-state index in [0.717, 1.165) is 25.0 Å². The Morgan fingerprint density at radius 3 is 2.53 bits per heavy atom. The van der Waals surface area contributed by atoms with Crippen LogP contribution in [0.25, 0.3) is 0 Å². The normalized spacial score (nSPS) is 22.6. The van der Waals surface area contributed by atoms with Gasteiger partial charge < -0.3 is 9.47 Å². The number of hydrogen-bond donors (Lipinski definition) is 1. The van der Waals surface area contributed by atoms with Crippen molar-refractivity contribution in [2.24, 2.45) is 5.92 Å². The van der Waals surface area contributed by atoms with Gasteiger partial charge in [0, 0.05) is 5.69 Å². The largest absolute Gasteiger partial charge is 0.497 e. The van der Waals surface area contributed by atoms with Crippen LogP contribution in [0.2, 0.25) is 0 Å². The highest BCUT2D eigenvalue weighted by Gasteiger charge is 2.24. The topological polar surface area (TPSA) is 47.6 Å². The minimum atomic E-state index is -0.371. The van der Waals surface area contributed by atoms with Gasteiger partial charge in [-0.1, -0.05) is 13.3 Å². The van der Waals surface area contributed by atoms with Crippen LogP contribution in [-0.2, 0) is 4.74 Å². The maximum absolute atomic E-state index is 11.8. The number of ether oxygens (including phenoxy) is 2. The number of carbonyl (C=O) groups is 1. The SMILES string of the molecule is COc1ccc(NC(=O)O[C@H]2CCCC[C@H]2C)cc1. The molecule has 2 atom stereocenters. The lowest BCUT2D eigenvalue weighted by Gasteiger charge is -2.28. The zero-order valence-electron chi connectivity index (χ0n) is 11.5. The van der Waals surface area contributed by atoms with Crippen LogP contribution in [-0.4, -0.2) is 19.3 Å². The van der Waals surface area contributed by atoms with Gasteiger partial charge in [-0.3, -0.25) is 5.32 Å². The minimum absolute atomic E-state index is 0.0481. The Bertz CT molecular complexity index is 416. The van der Waals surface area contributed by atoms with E-state index in [1.54, 1.807) is 31.4 Å². The molecule has 1 amide bonds. The van der Waals surface area contributed by atoms with Gasteiger partial charge in [0.05, 0.1) is 7.11 Å². The summed E-state index contributed by atoms with van der Waals surface area (Å²) < 4.78 is 10.5. The molecule has 4 nitrogen and oxygen atoms in total. The summed E-state index contributed by atoms with van der Waals surface area (Å²) in [4.78, 5) is 11.8. The van der Waals surface area contributed by atoms with Crippen LogP contribution in [0.15, 0.2) is 24.3 Å². The fraction of sp³-hybridized carbons (Fsp3) is 0.533. The molecular weight excluding hydrogens is 242 g/mol. The molecule has 0 aliphatic heterocycles. The first-order valence-electron chi connectivity index (χ1n) is 6.80. The van der Waals surface area contributed by atoms with Gasteiger partial charge in [0.25, 0.3) is 0 Å². The molecule has 104 valence electrons. The highest BCUT2D eigenvalue weighted by molar-refractivity contribution is 5.84. The number of carbonyl (C=O) groups excluding carboxylic acids is 1. The van der Waals surface area contributed by atoms with Crippen molar-refractivity contribution >= 4 is 11.8 Å². The number of amides is 1. The van der Waals surface area contributed by atoms with E-state index < -0.39 is 0 Å². The van der Waals surface area contributed by atoms with Crippen molar-refractivity contribution < 1.29 is 14.3 Å². The van der Waals surface area contributed by atoms with Crippen molar-refractivity contribution in [1.29, 1.82) is 0 Å². The average Bonchev–Trinajstić information content (AvgIpc) is 2.42. The van der Waals surface area contributed by atoms with Gasteiger partial charge in [0.15, 0.2) is 0 Å². The zero-order valence-corrected chi connectivity index (χ0v) is 11.5. The third-order valence-electron chi connectivity index (χ3n) is 3.63. The van der Waals surface area contributed by atoms with Gasteiger partial charge >= 0.3 is 6.09 Å². The zero-order chi connectivity index (χ0) is 13.7. The Morgan fingerprint density at radius 2 is 1.89 bits per heavy atom. The van der Waals surface area contributed by atoms with Crippen LogP contribution in [0.4, 0.5) is 10.5 Å². The molecule has 1 aliphatic carbocycles. The van der Waals surface area contributed by atoms with Crippen molar-refractivity contribution in [3.63, 3.8) is 0 Å². The van der Waals surface area contributed by atoms with Crippen molar-refractivity contribution in [2.45, 2.75) is 38.7 Å². The van der Waals surface area contributed by atoms with Crippen molar-refractivity contribution in [3.05, 3.63) is 24.3 Å². The molecule has 19 heavy (non-hydrogen) atoms. The number of anilines is 1. The molecule has 2 rings (SSSR count). The summed E-state index contributed by atoms with van der Waals surface area (Å²) in [5.41, 5.74) is 0.717. The molecule has 0 spiro atoms. The minimum Gasteiger partial charge on any atom is -0.497 e. The fourth-order valence-electron chi connectivity index (χ4n) is 2.42. The second-order valence-corrected chi connectivity index (χ2v) is 5.06. The maximum Gasteiger partial charge on any atom is 0.411 e. The van der Waals surface area contributed by atoms with Gasteiger partial charge in [-0.15, -0.1) is 0 Å². The van der Waals surface area contributed by atoms with Crippen molar-refractivity contribution in [3.8, 4) is 5.75 Å². The second kappa shape index (κ2) is 6.45. The smallest absolute Gasteiger partial charge is 0.411 e. The van der Waals surface area contributed by atoms with Crippen LogP contribution in [0, 0.1) is 5.92 Å². The summed E-state index contributed by atoms with van der Waals surface area (Å²) in [6.07, 6.45) is 4.17. The van der Waals surface area contributed by atoms with Crippen LogP contribution >= 0.6 is 0 Å². The van der Waals surface area contributed by atoms with E-state index in [2.05, 4.69) is 12.2 Å². The molecule has 0 radical (unpaired) electrons. The molecule has 0 bridgehead atoms. The van der Waals surface area contributed by atoms with Crippen LogP contribution in [0.3, 0.4) is 0 Å². The Kier molecular flexibility index (Phi) is 4.66. The highest BCUT2D eigenvalue weighted by atomic mass is 16.6. The summed E-state index contributed by atoms with van der Waals surface area (Å²) >= 11 is 0. The van der Waals surface area contributed by atoms with Crippen molar-refractivity contribution in [1.82, 2.24) is 0 Å². The van der Waals surface area contributed by atoms with Crippen LogP contribution in [0.1, 0.15) is 32.6 Å². The van der Waals surface area contributed by atoms with Gasteiger partial charge in [0.2, 0.25) is 0 Å². The first-order valence-corrected chi connectivity index (χ1v) is 6.80. The maximum atomic E-state index is 11.8. The van der Waals surface area contributed by atoms with Crippen LogP contribution in [0.5, 0.6) is 5.75 Å². The first-order chi connectivity index (χ1) is 9.19. The summed E-state index contributed by atoms with van der Waals surface area (Å²) in [5, 5.41) is 2.74. The van der Waals surface area contributed by atoms with E-state index in [9.17, 15) is 4.79 Å². The van der Waals surface area contributed by atoms with Crippen LogP contribution < -0.4 is 10.1 Å². The molecular formula is C15H21NO3. The Labute approximate surface area is 114 Å². The van der Waals surface area contributed by atoms with Gasteiger partial charge in [-0.25, -0.2) is 4.79 Å². The summed E-state index contributed by atoms with van der Waals surface area (Å²) in [5.74, 6) is 1.22. The first kappa shape index (κ1) is 13.7. The quantitative estimate of drug-likeness (QED) is 0.901. The predicted molar refractivity (Wildman–Crippen MR) is 74.5 cm³/mol. The summed E-state index contributed by atoms with van der Waals surface area (Å²) in [6, 6.07) is 7.20. The molecule has 4 heteroatoms. The Balaban J connectivity index is 1.86. The Morgan fingerprint density at radius 1 is 1.21 bits per heavy atom. The van der Waals surface area contributed by atoms with E-state index in [-0.39, 0.29) is 12.2 Å². The number of nitrogens with one attached hydrogen (secondary N) is 1. The molecule has 0 unspecified atom stereocenters. The number of rotatable bonds is 3. The van der Waals surface area contributed by atoms with Crippen molar-refractivity contribution in [2.75, 3.05) is 12.4 Å². The fourth-order valence-corrected chi connectivity index (χ4v) is 2.42. The van der Waals surface area contributed by atoms with Gasteiger partial charge in [-0.2, -0.15) is 0 Å². The van der Waals surface area contributed by atoms with E-state index in [0.29, 0.717) is 11.6 Å². The Hall–Kier alpha value is -1.71. The number of hydrogen-bond acceptors (Lipinski definition) is 3. The highest BCUT2D eigenvalue weighted by Crippen LogP contribution is 2.26. The molecule has 1 aliphatic rings. The number of benzene rings is 1. The molecule has 1 fully saturated rings. The van der Waals surface area contributed by atoms with E-state index in [1.165, 1.54) is 6.42 Å². The molecule has 1 aromatic carbocycles. The standard InChI is InChI=1S/C15H21NO3/c1-11-5-3-4-6-14(11)19-15(17)16-12-7-9-13(18-2)10-8-12/h7-11,14H,3-6H2,1-2H3,(H,16,17)/t11-,14+/m1/s1. The van der Waals surface area contributed by atoms with Gasteiger partial charge in [-0.05, 0) is 49.4 Å². The average molecular weight is 263 g/mol. The molecule has 1 aromatic rings. The van der Waals surface area contributed by atoms with E-state index >= 15 is 0 Å². The monoisotopic (exact) mass is 263 g/mol. The molecule has 0 aromatic heterocycles. The predicted octanol–water partition coefficient (Wildman–Crippen LogP) is 3.82. The number of methoxy groups -OCH3 is 1. The summed E-state index contributed by atoms with van der Waals surface area (Å²) in [7, 11) is 1.61. The van der Waals surface area contributed by atoms with E-state index in [1.807, 2.05) is 0 Å². The lowest BCUT2D eigenvalue weighted by atomic mass is 9.88. The molecule has 1 saturated carbocycles. The third kappa shape index (κ3) is 3.88. The van der Waals surface area contributed by atoms with E-state index in [4.69, 9.17) is 9.47 Å². The van der Waals surface area contributed by atoms with Gasteiger partial charge in [0.1, 0.15) is 11.9 Å².